The molecule has 1 aliphatic rings. The highest BCUT2D eigenvalue weighted by atomic mass is 16.5. The molecule has 0 fully saturated rings. The summed E-state index contributed by atoms with van der Waals surface area (Å²) in [5.74, 6) is 2.19. The summed E-state index contributed by atoms with van der Waals surface area (Å²) in [7, 11) is 3.30. The van der Waals surface area contributed by atoms with E-state index in [1.807, 2.05) is 24.3 Å². The number of methoxy groups -OCH3 is 2. The highest BCUT2D eigenvalue weighted by Crippen LogP contribution is 2.38. The van der Waals surface area contributed by atoms with Crippen LogP contribution in [0.4, 0.5) is 0 Å². The Balaban J connectivity index is 2.06. The molecule has 0 bridgehead atoms. The minimum Gasteiger partial charge on any atom is -0.493 e. The van der Waals surface area contributed by atoms with Crippen LogP contribution < -0.4 is 14.2 Å². The van der Waals surface area contributed by atoms with Crippen molar-refractivity contribution in [2.75, 3.05) is 27.4 Å². The molecule has 0 N–H and O–H groups in total. The van der Waals surface area contributed by atoms with E-state index in [1.165, 1.54) is 0 Å². The maximum atomic E-state index is 5.97. The van der Waals surface area contributed by atoms with E-state index in [1.54, 1.807) is 14.2 Å². The third-order valence-electron chi connectivity index (χ3n) is 4.31. The molecule has 3 rings (SSSR count). The fraction of sp³-hybridized carbons (Fsp3) is 0.421. The molecule has 0 spiro atoms. The zero-order chi connectivity index (χ0) is 17.1. The lowest BCUT2D eigenvalue weighted by Gasteiger charge is -2.23. The van der Waals surface area contributed by atoms with E-state index in [0.717, 1.165) is 41.4 Å². The Labute approximate surface area is 143 Å². The molecule has 0 saturated carbocycles. The van der Waals surface area contributed by atoms with Gasteiger partial charge in [0.1, 0.15) is 6.61 Å². The highest BCUT2D eigenvalue weighted by molar-refractivity contribution is 5.67. The largest absolute Gasteiger partial charge is 0.493 e. The Morgan fingerprint density at radius 3 is 2.71 bits per heavy atom. The number of rotatable bonds is 4. The van der Waals surface area contributed by atoms with Gasteiger partial charge in [-0.25, -0.2) is 4.98 Å². The van der Waals surface area contributed by atoms with Gasteiger partial charge in [-0.05, 0) is 32.0 Å². The molecular formula is C19H24N2O3. The summed E-state index contributed by atoms with van der Waals surface area (Å²) in [5.41, 5.74) is 2.98. The van der Waals surface area contributed by atoms with Gasteiger partial charge < -0.3 is 14.2 Å². The first kappa shape index (κ1) is 16.6. The number of nitrogens with zero attached hydrogens (tertiary/aromatic N) is 2. The van der Waals surface area contributed by atoms with Crippen molar-refractivity contribution >= 4 is 0 Å². The van der Waals surface area contributed by atoms with Crippen LogP contribution in [0.2, 0.25) is 0 Å². The van der Waals surface area contributed by atoms with Gasteiger partial charge in [-0.1, -0.05) is 6.07 Å². The van der Waals surface area contributed by atoms with E-state index < -0.39 is 0 Å². The van der Waals surface area contributed by atoms with E-state index >= 15 is 0 Å². The summed E-state index contributed by atoms with van der Waals surface area (Å²) in [5, 5.41) is 0. The predicted molar refractivity (Wildman–Crippen MR) is 93.8 cm³/mol. The van der Waals surface area contributed by atoms with Crippen LogP contribution in [0.25, 0.3) is 11.3 Å². The number of hydrogen-bond acceptors (Lipinski definition) is 5. The number of aromatic nitrogens is 1. The van der Waals surface area contributed by atoms with Crippen LogP contribution in [0, 0.1) is 0 Å². The molecule has 128 valence electrons. The summed E-state index contributed by atoms with van der Waals surface area (Å²) >= 11 is 0. The van der Waals surface area contributed by atoms with Crippen molar-refractivity contribution < 1.29 is 14.2 Å². The molecule has 24 heavy (non-hydrogen) atoms. The average Bonchev–Trinajstić information content (AvgIpc) is 2.83. The first-order chi connectivity index (χ1) is 11.6. The van der Waals surface area contributed by atoms with E-state index in [2.05, 4.69) is 29.8 Å². The van der Waals surface area contributed by atoms with Gasteiger partial charge in [0.25, 0.3) is 0 Å². The second-order valence-electron chi connectivity index (χ2n) is 6.14. The number of ether oxygens (including phenoxy) is 3. The molecule has 0 aliphatic carbocycles. The quantitative estimate of drug-likeness (QED) is 0.861. The van der Waals surface area contributed by atoms with Crippen LogP contribution in [-0.4, -0.2) is 43.3 Å². The molecule has 0 unspecified atom stereocenters. The minimum absolute atomic E-state index is 0.462. The summed E-state index contributed by atoms with van der Waals surface area (Å²) in [6, 6.07) is 10.3. The first-order valence-electron chi connectivity index (χ1n) is 8.21. The Morgan fingerprint density at radius 1 is 1.17 bits per heavy atom. The number of benzene rings is 1. The maximum Gasteiger partial charge on any atom is 0.213 e. The second-order valence-corrected chi connectivity index (χ2v) is 6.14. The van der Waals surface area contributed by atoms with Crippen molar-refractivity contribution in [2.45, 2.75) is 26.4 Å². The Kier molecular flexibility index (Phi) is 4.90. The van der Waals surface area contributed by atoms with Gasteiger partial charge in [-0.2, -0.15) is 0 Å². The Morgan fingerprint density at radius 2 is 2.00 bits per heavy atom. The van der Waals surface area contributed by atoms with E-state index in [-0.39, 0.29) is 0 Å². The summed E-state index contributed by atoms with van der Waals surface area (Å²) in [6.45, 7) is 6.81. The molecule has 0 atom stereocenters. The molecule has 2 aromatic rings. The smallest absolute Gasteiger partial charge is 0.213 e. The SMILES string of the molecule is COc1cccc(-c2cc3c(c(OC)c2)OCCN(C(C)C)C3)n1. The molecule has 1 aliphatic heterocycles. The minimum atomic E-state index is 0.462. The van der Waals surface area contributed by atoms with Crippen molar-refractivity contribution in [3.05, 3.63) is 35.9 Å². The molecule has 1 aromatic heterocycles. The summed E-state index contributed by atoms with van der Waals surface area (Å²) in [6.07, 6.45) is 0. The zero-order valence-electron chi connectivity index (χ0n) is 14.7. The van der Waals surface area contributed by atoms with Gasteiger partial charge in [0, 0.05) is 36.3 Å². The van der Waals surface area contributed by atoms with Gasteiger partial charge in [0.05, 0.1) is 19.9 Å². The maximum absolute atomic E-state index is 5.97. The first-order valence-corrected chi connectivity index (χ1v) is 8.21. The van der Waals surface area contributed by atoms with E-state index in [0.29, 0.717) is 18.5 Å². The third kappa shape index (κ3) is 3.31. The average molecular weight is 328 g/mol. The molecular weight excluding hydrogens is 304 g/mol. The molecule has 5 heteroatoms. The van der Waals surface area contributed by atoms with Crippen LogP contribution in [-0.2, 0) is 6.54 Å². The number of pyridine rings is 1. The molecule has 0 radical (unpaired) electrons. The van der Waals surface area contributed by atoms with Gasteiger partial charge in [0.2, 0.25) is 5.88 Å². The van der Waals surface area contributed by atoms with Crippen molar-refractivity contribution in [1.29, 1.82) is 0 Å². The highest BCUT2D eigenvalue weighted by Gasteiger charge is 2.22. The zero-order valence-corrected chi connectivity index (χ0v) is 14.7. The van der Waals surface area contributed by atoms with E-state index in [4.69, 9.17) is 14.2 Å². The van der Waals surface area contributed by atoms with Gasteiger partial charge in [-0.3, -0.25) is 4.90 Å². The molecule has 2 heterocycles. The molecule has 1 aromatic carbocycles. The molecule has 0 saturated heterocycles. The summed E-state index contributed by atoms with van der Waals surface area (Å²) < 4.78 is 16.8. The van der Waals surface area contributed by atoms with Crippen LogP contribution in [0.3, 0.4) is 0 Å². The Bertz CT molecular complexity index is 716. The predicted octanol–water partition coefficient (Wildman–Crippen LogP) is 3.37. The fourth-order valence-corrected chi connectivity index (χ4v) is 2.93. The number of fused-ring (bicyclic) bond motifs is 1. The standard InChI is InChI=1S/C19H24N2O3/c1-13(2)21-8-9-24-19-15(12-21)10-14(11-17(19)22-3)16-6-5-7-18(20-16)23-4/h5-7,10-11,13H,8-9,12H2,1-4H3. The Hall–Kier alpha value is -2.27. The summed E-state index contributed by atoms with van der Waals surface area (Å²) in [4.78, 5) is 6.93. The third-order valence-corrected chi connectivity index (χ3v) is 4.31. The monoisotopic (exact) mass is 328 g/mol. The van der Waals surface area contributed by atoms with Crippen LogP contribution in [0.15, 0.2) is 30.3 Å². The number of hydrogen-bond donors (Lipinski definition) is 0. The van der Waals surface area contributed by atoms with Crippen molar-refractivity contribution in [3.8, 4) is 28.6 Å². The van der Waals surface area contributed by atoms with Gasteiger partial charge in [-0.15, -0.1) is 0 Å². The fourth-order valence-electron chi connectivity index (χ4n) is 2.93. The normalized spacial score (nSPS) is 14.7. The van der Waals surface area contributed by atoms with Crippen molar-refractivity contribution in [2.24, 2.45) is 0 Å². The second kappa shape index (κ2) is 7.09. The van der Waals surface area contributed by atoms with Crippen LogP contribution in [0.5, 0.6) is 17.4 Å². The van der Waals surface area contributed by atoms with E-state index in [9.17, 15) is 0 Å². The van der Waals surface area contributed by atoms with Gasteiger partial charge >= 0.3 is 0 Å². The molecule has 5 nitrogen and oxygen atoms in total. The van der Waals surface area contributed by atoms with Crippen molar-refractivity contribution in [3.63, 3.8) is 0 Å². The van der Waals surface area contributed by atoms with Gasteiger partial charge in [0.15, 0.2) is 11.5 Å². The topological polar surface area (TPSA) is 43.8 Å². The lowest BCUT2D eigenvalue weighted by atomic mass is 10.0. The lowest BCUT2D eigenvalue weighted by Crippen LogP contribution is -2.32. The lowest BCUT2D eigenvalue weighted by molar-refractivity contribution is 0.187. The van der Waals surface area contributed by atoms with Crippen LogP contribution in [0.1, 0.15) is 19.4 Å². The molecule has 0 amide bonds. The van der Waals surface area contributed by atoms with Crippen molar-refractivity contribution in [1.82, 2.24) is 9.88 Å². The van der Waals surface area contributed by atoms with Crippen LogP contribution >= 0.6 is 0 Å².